The molecule has 20 heavy (non-hydrogen) atoms. The second-order valence-electron chi connectivity index (χ2n) is 4.94. The maximum atomic E-state index is 4.59. The van der Waals surface area contributed by atoms with Crippen molar-refractivity contribution in [3.05, 3.63) is 52.1 Å². The van der Waals surface area contributed by atoms with E-state index in [1.54, 1.807) is 11.3 Å². The van der Waals surface area contributed by atoms with Crippen LogP contribution in [-0.4, -0.2) is 16.1 Å². The molecule has 0 fully saturated rings. The average molecular weight is 285 g/mol. The third kappa shape index (κ3) is 2.62. The van der Waals surface area contributed by atoms with E-state index in [-0.39, 0.29) is 0 Å². The third-order valence-electron chi connectivity index (χ3n) is 3.41. The summed E-state index contributed by atoms with van der Waals surface area (Å²) in [4.78, 5) is 4.59. The van der Waals surface area contributed by atoms with E-state index in [1.807, 2.05) is 6.92 Å². The molecule has 0 bridgehead atoms. The molecule has 3 rings (SSSR count). The number of aryl methyl sites for hydroxylation is 1. The maximum absolute atomic E-state index is 4.59. The first-order valence-electron chi connectivity index (χ1n) is 6.97. The molecule has 2 aromatic heterocycles. The van der Waals surface area contributed by atoms with Crippen molar-refractivity contribution in [1.29, 1.82) is 0 Å². The van der Waals surface area contributed by atoms with E-state index in [9.17, 15) is 0 Å². The van der Waals surface area contributed by atoms with Gasteiger partial charge in [-0.05, 0) is 31.0 Å². The van der Waals surface area contributed by atoms with Gasteiger partial charge in [0, 0.05) is 28.8 Å². The largest absolute Gasteiger partial charge is 0.336 e. The summed E-state index contributed by atoms with van der Waals surface area (Å²) >= 11 is 1.74. The van der Waals surface area contributed by atoms with E-state index in [0.29, 0.717) is 0 Å². The first-order valence-corrected chi connectivity index (χ1v) is 7.84. The number of hydrogen-bond acceptors (Lipinski definition) is 3. The van der Waals surface area contributed by atoms with Crippen LogP contribution >= 0.6 is 11.3 Å². The van der Waals surface area contributed by atoms with E-state index in [0.717, 1.165) is 25.3 Å². The lowest BCUT2D eigenvalue weighted by molar-refractivity contribution is 0.665. The monoisotopic (exact) mass is 285 g/mol. The van der Waals surface area contributed by atoms with E-state index in [4.69, 9.17) is 0 Å². The van der Waals surface area contributed by atoms with E-state index >= 15 is 0 Å². The normalized spacial score (nSPS) is 11.3. The zero-order valence-corrected chi connectivity index (χ0v) is 12.7. The Bertz CT molecular complexity index is 711. The molecule has 0 radical (unpaired) electrons. The molecule has 0 unspecified atom stereocenters. The van der Waals surface area contributed by atoms with Crippen molar-refractivity contribution in [3.8, 4) is 0 Å². The van der Waals surface area contributed by atoms with Gasteiger partial charge in [-0.2, -0.15) is 0 Å². The highest BCUT2D eigenvalue weighted by Crippen LogP contribution is 2.22. The Hall–Kier alpha value is -1.65. The molecule has 1 N–H and O–H groups in total. The highest BCUT2D eigenvalue weighted by atomic mass is 32.1. The zero-order chi connectivity index (χ0) is 13.9. The smallest absolute Gasteiger partial charge is 0.113 e. The summed E-state index contributed by atoms with van der Waals surface area (Å²) in [6.07, 6.45) is 0. The number of thiazole rings is 1. The first-order chi connectivity index (χ1) is 9.78. The first kappa shape index (κ1) is 13.3. The number of nitrogens with zero attached hydrogens (tertiary/aromatic N) is 2. The number of para-hydroxylation sites is 1. The average Bonchev–Trinajstić information content (AvgIpc) is 3.02. The van der Waals surface area contributed by atoms with Gasteiger partial charge in [0.15, 0.2) is 0 Å². The quantitative estimate of drug-likeness (QED) is 0.776. The van der Waals surface area contributed by atoms with Crippen LogP contribution in [0.1, 0.15) is 23.3 Å². The van der Waals surface area contributed by atoms with Gasteiger partial charge >= 0.3 is 0 Å². The predicted molar refractivity (Wildman–Crippen MR) is 85.3 cm³/mol. The maximum Gasteiger partial charge on any atom is 0.113 e. The van der Waals surface area contributed by atoms with Gasteiger partial charge in [0.2, 0.25) is 0 Å². The summed E-state index contributed by atoms with van der Waals surface area (Å²) in [5.74, 6) is 0. The molecule has 3 aromatic rings. The van der Waals surface area contributed by atoms with Gasteiger partial charge in [0.25, 0.3) is 0 Å². The molecule has 2 heterocycles. The fourth-order valence-electron chi connectivity index (χ4n) is 2.46. The molecule has 0 spiro atoms. The van der Waals surface area contributed by atoms with Gasteiger partial charge in [-0.1, -0.05) is 25.1 Å². The Morgan fingerprint density at radius 1 is 1.30 bits per heavy atom. The second-order valence-corrected chi connectivity index (χ2v) is 5.89. The van der Waals surface area contributed by atoms with Gasteiger partial charge in [-0.3, -0.25) is 0 Å². The minimum Gasteiger partial charge on any atom is -0.336 e. The van der Waals surface area contributed by atoms with Crippen LogP contribution in [0.4, 0.5) is 0 Å². The highest BCUT2D eigenvalue weighted by Gasteiger charge is 2.10. The third-order valence-corrected chi connectivity index (χ3v) is 4.36. The molecule has 0 aliphatic rings. The zero-order valence-electron chi connectivity index (χ0n) is 11.9. The summed E-state index contributed by atoms with van der Waals surface area (Å²) < 4.78 is 2.37. The van der Waals surface area contributed by atoms with Crippen LogP contribution < -0.4 is 5.32 Å². The molecular weight excluding hydrogens is 266 g/mol. The summed E-state index contributed by atoms with van der Waals surface area (Å²) in [5.41, 5.74) is 3.71. The topological polar surface area (TPSA) is 29.9 Å². The van der Waals surface area contributed by atoms with Crippen LogP contribution in [0.15, 0.2) is 35.7 Å². The Balaban J connectivity index is 2.01. The SMILES string of the molecule is CCNCc1cc2ccccc2n1Cc1nc(C)cs1. The van der Waals surface area contributed by atoms with Crippen molar-refractivity contribution >= 4 is 22.2 Å². The number of nitrogens with one attached hydrogen (secondary N) is 1. The van der Waals surface area contributed by atoms with E-state index in [1.165, 1.54) is 21.6 Å². The minimum absolute atomic E-state index is 0.854. The summed E-state index contributed by atoms with van der Waals surface area (Å²) in [7, 11) is 0. The molecule has 0 saturated carbocycles. The molecule has 104 valence electrons. The van der Waals surface area contributed by atoms with Crippen LogP contribution in [0.5, 0.6) is 0 Å². The minimum atomic E-state index is 0.854. The second kappa shape index (κ2) is 5.77. The Morgan fingerprint density at radius 2 is 2.15 bits per heavy atom. The lowest BCUT2D eigenvalue weighted by Gasteiger charge is -2.09. The number of fused-ring (bicyclic) bond motifs is 1. The van der Waals surface area contributed by atoms with Crippen molar-refractivity contribution in [2.24, 2.45) is 0 Å². The van der Waals surface area contributed by atoms with Crippen LogP contribution in [0, 0.1) is 6.92 Å². The van der Waals surface area contributed by atoms with Gasteiger partial charge in [-0.25, -0.2) is 4.98 Å². The summed E-state index contributed by atoms with van der Waals surface area (Å²) in [6, 6.07) is 10.8. The predicted octanol–water partition coefficient (Wildman–Crippen LogP) is 3.56. The Morgan fingerprint density at radius 3 is 2.90 bits per heavy atom. The van der Waals surface area contributed by atoms with Crippen molar-refractivity contribution in [2.45, 2.75) is 26.9 Å². The van der Waals surface area contributed by atoms with Gasteiger partial charge in [0.1, 0.15) is 5.01 Å². The van der Waals surface area contributed by atoms with Crippen molar-refractivity contribution < 1.29 is 0 Å². The Kier molecular flexibility index (Phi) is 3.85. The lowest BCUT2D eigenvalue weighted by atomic mass is 10.2. The molecule has 0 atom stereocenters. The number of rotatable bonds is 5. The van der Waals surface area contributed by atoms with Crippen molar-refractivity contribution in [3.63, 3.8) is 0 Å². The molecular formula is C16H19N3S. The number of aromatic nitrogens is 2. The van der Waals surface area contributed by atoms with Crippen LogP contribution in [-0.2, 0) is 13.1 Å². The molecule has 0 saturated heterocycles. The summed E-state index contributed by atoms with van der Waals surface area (Å²) in [6.45, 7) is 6.92. The number of hydrogen-bond donors (Lipinski definition) is 1. The van der Waals surface area contributed by atoms with Gasteiger partial charge < -0.3 is 9.88 Å². The van der Waals surface area contributed by atoms with E-state index in [2.05, 4.69) is 57.5 Å². The highest BCUT2D eigenvalue weighted by molar-refractivity contribution is 7.09. The molecule has 0 aliphatic carbocycles. The van der Waals surface area contributed by atoms with Crippen LogP contribution in [0.25, 0.3) is 10.9 Å². The van der Waals surface area contributed by atoms with Gasteiger partial charge in [-0.15, -0.1) is 11.3 Å². The molecule has 4 heteroatoms. The molecule has 3 nitrogen and oxygen atoms in total. The molecule has 0 aliphatic heterocycles. The van der Waals surface area contributed by atoms with Crippen LogP contribution in [0.2, 0.25) is 0 Å². The fourth-order valence-corrected chi connectivity index (χ4v) is 3.22. The van der Waals surface area contributed by atoms with E-state index < -0.39 is 0 Å². The molecule has 1 aromatic carbocycles. The van der Waals surface area contributed by atoms with Crippen molar-refractivity contribution in [1.82, 2.24) is 14.9 Å². The fraction of sp³-hybridized carbons (Fsp3) is 0.312. The standard InChI is InChI=1S/C16H19N3S/c1-3-17-9-14-8-13-6-4-5-7-15(13)19(14)10-16-18-12(2)11-20-16/h4-8,11,17H,3,9-10H2,1-2H3. The molecule has 0 amide bonds. The van der Waals surface area contributed by atoms with Crippen molar-refractivity contribution in [2.75, 3.05) is 6.54 Å². The summed E-state index contributed by atoms with van der Waals surface area (Å²) in [5, 5.41) is 8.00. The van der Waals surface area contributed by atoms with Gasteiger partial charge in [0.05, 0.1) is 6.54 Å². The number of benzene rings is 1. The van der Waals surface area contributed by atoms with Crippen LogP contribution in [0.3, 0.4) is 0 Å². The Labute approximate surface area is 123 Å². The lowest BCUT2D eigenvalue weighted by Crippen LogP contribution is -2.15.